The number of aromatic amines is 1. The molecule has 0 bridgehead atoms. The van der Waals surface area contributed by atoms with E-state index in [4.69, 9.17) is 0 Å². The molecule has 1 aromatic carbocycles. The Balaban J connectivity index is 1.53. The molecule has 0 spiro atoms. The van der Waals surface area contributed by atoms with Crippen molar-refractivity contribution in [2.75, 3.05) is 5.32 Å². The van der Waals surface area contributed by atoms with Crippen molar-refractivity contribution in [1.29, 1.82) is 0 Å². The van der Waals surface area contributed by atoms with E-state index in [1.54, 1.807) is 0 Å². The lowest BCUT2D eigenvalue weighted by Gasteiger charge is -2.34. The topological polar surface area (TPSA) is 61.0 Å². The molecule has 1 atom stereocenters. The highest BCUT2D eigenvalue weighted by molar-refractivity contribution is 5.89. The van der Waals surface area contributed by atoms with Crippen LogP contribution in [0.1, 0.15) is 54.6 Å². The number of H-pyrrole nitrogens is 1. The number of aromatic nitrogens is 2. The number of rotatable bonds is 2. The van der Waals surface area contributed by atoms with Gasteiger partial charge in [-0.25, -0.2) is 4.79 Å². The van der Waals surface area contributed by atoms with Crippen molar-refractivity contribution in [2.24, 2.45) is 0 Å². The average molecular weight is 324 g/mol. The van der Waals surface area contributed by atoms with Gasteiger partial charge >= 0.3 is 6.03 Å². The van der Waals surface area contributed by atoms with E-state index in [0.717, 1.165) is 17.7 Å². The van der Waals surface area contributed by atoms with E-state index in [-0.39, 0.29) is 12.1 Å². The first-order chi connectivity index (χ1) is 11.6. The van der Waals surface area contributed by atoms with Gasteiger partial charge in [-0.05, 0) is 44.4 Å². The summed E-state index contributed by atoms with van der Waals surface area (Å²) in [5.41, 5.74) is 5.64. The van der Waals surface area contributed by atoms with Crippen LogP contribution in [-0.2, 0) is 13.0 Å². The largest absolute Gasteiger partial charge is 0.322 e. The lowest BCUT2D eigenvalue weighted by atomic mass is 9.80. The van der Waals surface area contributed by atoms with Crippen LogP contribution in [0.4, 0.5) is 10.5 Å². The Morgan fingerprint density at radius 3 is 2.92 bits per heavy atom. The normalized spacial score (nSPS) is 20.4. The lowest BCUT2D eigenvalue weighted by molar-refractivity contribution is 0.181. The van der Waals surface area contributed by atoms with Crippen LogP contribution in [0.5, 0.6) is 0 Å². The molecule has 1 saturated carbocycles. The minimum absolute atomic E-state index is 0.0282. The molecular weight excluding hydrogens is 300 g/mol. The second-order valence-corrected chi connectivity index (χ2v) is 7.17. The summed E-state index contributed by atoms with van der Waals surface area (Å²) >= 11 is 0. The molecule has 0 saturated heterocycles. The van der Waals surface area contributed by atoms with Gasteiger partial charge < -0.3 is 10.2 Å². The standard InChI is InChI=1S/C19H24N4O/c1-12-5-3-8-15(9-12)20-19(24)23-11-16-17(10-13(23)2)21-22-18(16)14-6-4-7-14/h3,5,8-9,13-14H,4,6-7,10-11H2,1-2H3,(H,20,24)(H,21,22). The van der Waals surface area contributed by atoms with Crippen molar-refractivity contribution < 1.29 is 4.79 Å². The van der Waals surface area contributed by atoms with Gasteiger partial charge in [0.15, 0.2) is 0 Å². The van der Waals surface area contributed by atoms with Crippen molar-refractivity contribution in [1.82, 2.24) is 15.1 Å². The van der Waals surface area contributed by atoms with Crippen molar-refractivity contribution >= 4 is 11.7 Å². The molecule has 0 radical (unpaired) electrons. The molecule has 2 aromatic rings. The zero-order valence-corrected chi connectivity index (χ0v) is 14.3. The molecule has 24 heavy (non-hydrogen) atoms. The lowest BCUT2D eigenvalue weighted by Crippen LogP contribution is -2.45. The molecule has 4 rings (SSSR count). The third-order valence-corrected chi connectivity index (χ3v) is 5.37. The van der Waals surface area contributed by atoms with Gasteiger partial charge in [-0.2, -0.15) is 5.10 Å². The van der Waals surface area contributed by atoms with Gasteiger partial charge in [-0.1, -0.05) is 18.6 Å². The van der Waals surface area contributed by atoms with E-state index >= 15 is 0 Å². The minimum atomic E-state index is -0.0282. The summed E-state index contributed by atoms with van der Waals surface area (Å²) in [6, 6.07) is 8.06. The average Bonchev–Trinajstić information content (AvgIpc) is 2.87. The zero-order valence-electron chi connectivity index (χ0n) is 14.3. The Morgan fingerprint density at radius 2 is 2.21 bits per heavy atom. The molecule has 5 heteroatoms. The third-order valence-electron chi connectivity index (χ3n) is 5.37. The highest BCUT2D eigenvalue weighted by atomic mass is 16.2. The maximum Gasteiger partial charge on any atom is 0.322 e. The number of nitrogens with one attached hydrogen (secondary N) is 2. The Morgan fingerprint density at radius 1 is 1.38 bits per heavy atom. The molecule has 126 valence electrons. The molecule has 2 heterocycles. The number of amides is 2. The van der Waals surface area contributed by atoms with Gasteiger partial charge in [0, 0.05) is 35.3 Å². The highest BCUT2D eigenvalue weighted by Crippen LogP contribution is 2.39. The van der Waals surface area contributed by atoms with E-state index in [0.29, 0.717) is 12.5 Å². The monoisotopic (exact) mass is 324 g/mol. The van der Waals surface area contributed by atoms with Crippen molar-refractivity contribution in [2.45, 2.75) is 58.0 Å². The minimum Gasteiger partial charge on any atom is -0.317 e. The maximum absolute atomic E-state index is 12.8. The Labute approximate surface area is 142 Å². The number of hydrogen-bond acceptors (Lipinski definition) is 2. The fourth-order valence-corrected chi connectivity index (χ4v) is 3.70. The number of carbonyl (C=O) groups excluding carboxylic acids is 1. The molecule has 1 aromatic heterocycles. The Kier molecular flexibility index (Phi) is 3.79. The van der Waals surface area contributed by atoms with Crippen LogP contribution in [0.25, 0.3) is 0 Å². The van der Waals surface area contributed by atoms with E-state index in [9.17, 15) is 4.79 Å². The van der Waals surface area contributed by atoms with Crippen molar-refractivity contribution in [3.8, 4) is 0 Å². The molecule has 5 nitrogen and oxygen atoms in total. The second-order valence-electron chi connectivity index (χ2n) is 7.17. The number of hydrogen-bond donors (Lipinski definition) is 2. The summed E-state index contributed by atoms with van der Waals surface area (Å²) in [7, 11) is 0. The van der Waals surface area contributed by atoms with Crippen LogP contribution in [-0.4, -0.2) is 27.2 Å². The maximum atomic E-state index is 12.8. The highest BCUT2D eigenvalue weighted by Gasteiger charge is 2.33. The van der Waals surface area contributed by atoms with Crippen LogP contribution in [0.2, 0.25) is 0 Å². The number of fused-ring (bicyclic) bond motifs is 1. The van der Waals surface area contributed by atoms with Crippen LogP contribution < -0.4 is 5.32 Å². The first-order valence-electron chi connectivity index (χ1n) is 8.82. The first-order valence-corrected chi connectivity index (χ1v) is 8.82. The predicted molar refractivity (Wildman–Crippen MR) is 94.1 cm³/mol. The van der Waals surface area contributed by atoms with Gasteiger partial charge in [0.05, 0.1) is 12.2 Å². The van der Waals surface area contributed by atoms with Crippen LogP contribution in [0.3, 0.4) is 0 Å². The molecule has 1 fully saturated rings. The van der Waals surface area contributed by atoms with Gasteiger partial charge in [-0.3, -0.25) is 5.10 Å². The number of carbonyl (C=O) groups is 1. The number of anilines is 1. The molecule has 2 aliphatic rings. The first kappa shape index (κ1) is 15.2. The molecule has 2 amide bonds. The van der Waals surface area contributed by atoms with Gasteiger partial charge in [0.25, 0.3) is 0 Å². The van der Waals surface area contributed by atoms with E-state index < -0.39 is 0 Å². The Hall–Kier alpha value is -2.30. The van der Waals surface area contributed by atoms with Crippen LogP contribution >= 0.6 is 0 Å². The number of aryl methyl sites for hydroxylation is 1. The van der Waals surface area contributed by atoms with Gasteiger partial charge in [0.2, 0.25) is 0 Å². The van der Waals surface area contributed by atoms with E-state index in [2.05, 4.69) is 22.4 Å². The van der Waals surface area contributed by atoms with Crippen molar-refractivity contribution in [3.05, 3.63) is 46.8 Å². The predicted octanol–water partition coefficient (Wildman–Crippen LogP) is 3.96. The molecule has 2 N–H and O–H groups in total. The number of nitrogens with zero attached hydrogens (tertiary/aromatic N) is 2. The quantitative estimate of drug-likeness (QED) is 0.878. The fraction of sp³-hybridized carbons (Fsp3) is 0.474. The molecule has 1 unspecified atom stereocenters. The van der Waals surface area contributed by atoms with Crippen LogP contribution in [0, 0.1) is 6.92 Å². The molecule has 1 aliphatic carbocycles. The van der Waals surface area contributed by atoms with E-state index in [1.807, 2.05) is 36.1 Å². The SMILES string of the molecule is Cc1cccc(NC(=O)N2Cc3c(C4CCC4)n[nH]c3CC2C)c1. The Bertz CT molecular complexity index is 762. The van der Waals surface area contributed by atoms with E-state index in [1.165, 1.54) is 36.2 Å². The summed E-state index contributed by atoms with van der Waals surface area (Å²) in [6.45, 7) is 4.78. The summed E-state index contributed by atoms with van der Waals surface area (Å²) in [5.74, 6) is 0.583. The second kappa shape index (κ2) is 5.96. The smallest absolute Gasteiger partial charge is 0.317 e. The summed E-state index contributed by atoms with van der Waals surface area (Å²) in [6.07, 6.45) is 4.58. The fourth-order valence-electron chi connectivity index (χ4n) is 3.70. The summed E-state index contributed by atoms with van der Waals surface area (Å²) < 4.78 is 0. The summed E-state index contributed by atoms with van der Waals surface area (Å²) in [4.78, 5) is 14.7. The van der Waals surface area contributed by atoms with Crippen molar-refractivity contribution in [3.63, 3.8) is 0 Å². The zero-order chi connectivity index (χ0) is 16.7. The third kappa shape index (κ3) is 2.68. The summed E-state index contributed by atoms with van der Waals surface area (Å²) in [5, 5.41) is 10.8. The van der Waals surface area contributed by atoms with Gasteiger partial charge in [-0.15, -0.1) is 0 Å². The molecular formula is C19H24N4O. The van der Waals surface area contributed by atoms with Gasteiger partial charge in [0.1, 0.15) is 0 Å². The van der Waals surface area contributed by atoms with Crippen LogP contribution in [0.15, 0.2) is 24.3 Å². The number of urea groups is 1. The number of benzene rings is 1. The molecule has 1 aliphatic heterocycles.